The molecule has 2 N–H and O–H groups in total. The number of anilines is 1. The van der Waals surface area contributed by atoms with Crippen molar-refractivity contribution in [3.63, 3.8) is 0 Å². The van der Waals surface area contributed by atoms with Gasteiger partial charge in [0.2, 0.25) is 0 Å². The van der Waals surface area contributed by atoms with Crippen LogP contribution in [0.25, 0.3) is 0 Å². The lowest BCUT2D eigenvalue weighted by molar-refractivity contribution is -0.140. The predicted octanol–water partition coefficient (Wildman–Crippen LogP) is 2.46. The van der Waals surface area contributed by atoms with Crippen LogP contribution >= 0.6 is 0 Å². The van der Waals surface area contributed by atoms with Crippen molar-refractivity contribution in [1.82, 2.24) is 5.32 Å². The lowest BCUT2D eigenvalue weighted by Gasteiger charge is -2.36. The highest BCUT2D eigenvalue weighted by Crippen LogP contribution is 2.46. The number of ether oxygens (including phenoxy) is 1. The van der Waals surface area contributed by atoms with Gasteiger partial charge >= 0.3 is 12.3 Å². The Balaban J connectivity index is 2.23. The molecule has 1 atom stereocenters. The van der Waals surface area contributed by atoms with Crippen LogP contribution in [0.3, 0.4) is 0 Å². The van der Waals surface area contributed by atoms with Gasteiger partial charge in [0.15, 0.2) is 5.60 Å². The summed E-state index contributed by atoms with van der Waals surface area (Å²) in [6.45, 7) is 0.708. The van der Waals surface area contributed by atoms with Crippen molar-refractivity contribution in [1.29, 1.82) is 0 Å². The van der Waals surface area contributed by atoms with Gasteiger partial charge < -0.3 is 10.1 Å². The Morgan fingerprint density at radius 1 is 1.32 bits per heavy atom. The third-order valence-corrected chi connectivity index (χ3v) is 3.47. The standard InChI is InChI=1S/C12H11F3N2O2/c13-12(14,15)7-2-1-3-8-9(7)11(4-5-16-6-11)19-10(18)17-8/h1-3,16H,4-6H2,(H,17,18). The third kappa shape index (κ3) is 1.85. The van der Waals surface area contributed by atoms with Crippen LogP contribution in [0.5, 0.6) is 0 Å². The van der Waals surface area contributed by atoms with Gasteiger partial charge in [-0.2, -0.15) is 13.2 Å². The minimum absolute atomic E-state index is 0.0205. The molecule has 1 aromatic rings. The molecule has 0 aromatic heterocycles. The van der Waals surface area contributed by atoms with Crippen LogP contribution in [0.1, 0.15) is 17.5 Å². The molecule has 1 unspecified atom stereocenters. The molecule has 7 heteroatoms. The molecular formula is C12H11F3N2O2. The van der Waals surface area contributed by atoms with Gasteiger partial charge in [-0.1, -0.05) is 6.07 Å². The van der Waals surface area contributed by atoms with E-state index in [-0.39, 0.29) is 17.8 Å². The zero-order valence-corrected chi connectivity index (χ0v) is 9.80. The molecule has 3 rings (SSSR count). The van der Waals surface area contributed by atoms with E-state index in [1.165, 1.54) is 12.1 Å². The number of halogens is 3. The maximum atomic E-state index is 13.1. The minimum Gasteiger partial charge on any atom is -0.436 e. The molecule has 0 saturated carbocycles. The molecule has 2 aliphatic heterocycles. The van der Waals surface area contributed by atoms with Crippen LogP contribution in [0, 0.1) is 0 Å². The molecule has 102 valence electrons. The minimum atomic E-state index is -4.48. The second-order valence-electron chi connectivity index (χ2n) is 4.66. The molecule has 0 bridgehead atoms. The maximum absolute atomic E-state index is 13.1. The Morgan fingerprint density at radius 2 is 2.11 bits per heavy atom. The summed E-state index contributed by atoms with van der Waals surface area (Å²) in [5.74, 6) is 0. The van der Waals surface area contributed by atoms with Crippen molar-refractivity contribution in [2.24, 2.45) is 0 Å². The fourth-order valence-corrected chi connectivity index (χ4v) is 2.72. The number of amides is 1. The van der Waals surface area contributed by atoms with E-state index in [0.29, 0.717) is 13.0 Å². The first-order valence-corrected chi connectivity index (χ1v) is 5.84. The zero-order chi connectivity index (χ0) is 13.7. The number of carbonyl (C=O) groups excluding carboxylic acids is 1. The zero-order valence-electron chi connectivity index (χ0n) is 9.80. The number of fused-ring (bicyclic) bond motifs is 2. The summed E-state index contributed by atoms with van der Waals surface area (Å²) in [6, 6.07) is 3.76. The number of carbonyl (C=O) groups is 1. The summed E-state index contributed by atoms with van der Waals surface area (Å²) in [7, 11) is 0. The van der Waals surface area contributed by atoms with E-state index in [4.69, 9.17) is 4.74 Å². The van der Waals surface area contributed by atoms with Crippen molar-refractivity contribution < 1.29 is 22.7 Å². The number of hydrogen-bond donors (Lipinski definition) is 2. The summed E-state index contributed by atoms with van der Waals surface area (Å²) >= 11 is 0. The van der Waals surface area contributed by atoms with Crippen LogP contribution in [-0.2, 0) is 16.5 Å². The quantitative estimate of drug-likeness (QED) is 0.762. The summed E-state index contributed by atoms with van der Waals surface area (Å²) in [5.41, 5.74) is -1.78. The molecule has 0 aliphatic carbocycles. The van der Waals surface area contributed by atoms with Crippen molar-refractivity contribution >= 4 is 11.8 Å². The van der Waals surface area contributed by atoms with Gasteiger partial charge in [-0.15, -0.1) is 0 Å². The highest BCUT2D eigenvalue weighted by molar-refractivity contribution is 5.89. The van der Waals surface area contributed by atoms with E-state index in [1.807, 2.05) is 0 Å². The molecule has 1 aromatic carbocycles. The number of rotatable bonds is 0. The number of nitrogens with one attached hydrogen (secondary N) is 2. The van der Waals surface area contributed by atoms with E-state index in [2.05, 4.69) is 10.6 Å². The molecule has 1 saturated heterocycles. The van der Waals surface area contributed by atoms with E-state index < -0.39 is 23.4 Å². The van der Waals surface area contributed by atoms with Crippen molar-refractivity contribution in [3.05, 3.63) is 29.3 Å². The smallest absolute Gasteiger partial charge is 0.416 e. The van der Waals surface area contributed by atoms with Gasteiger partial charge in [0, 0.05) is 18.5 Å². The Morgan fingerprint density at radius 3 is 2.74 bits per heavy atom. The highest BCUT2D eigenvalue weighted by Gasteiger charge is 2.49. The lowest BCUT2D eigenvalue weighted by atomic mass is 9.86. The van der Waals surface area contributed by atoms with Crippen molar-refractivity contribution in [3.8, 4) is 0 Å². The summed E-state index contributed by atoms with van der Waals surface area (Å²) in [5, 5.41) is 5.29. The predicted molar refractivity (Wildman–Crippen MR) is 60.7 cm³/mol. The molecule has 4 nitrogen and oxygen atoms in total. The molecule has 0 radical (unpaired) electrons. The topological polar surface area (TPSA) is 50.4 Å². The number of alkyl halides is 3. The Bertz CT molecular complexity index is 536. The van der Waals surface area contributed by atoms with Gasteiger partial charge in [0.25, 0.3) is 0 Å². The Hall–Kier alpha value is -1.76. The van der Waals surface area contributed by atoms with Crippen LogP contribution in [0.4, 0.5) is 23.7 Å². The van der Waals surface area contributed by atoms with Gasteiger partial charge in [0.1, 0.15) is 0 Å². The lowest BCUT2D eigenvalue weighted by Crippen LogP contribution is -2.42. The largest absolute Gasteiger partial charge is 0.436 e. The molecule has 1 amide bonds. The normalized spacial score (nSPS) is 25.9. The summed E-state index contributed by atoms with van der Waals surface area (Å²) in [6.07, 6.45) is -4.86. The maximum Gasteiger partial charge on any atom is 0.416 e. The van der Waals surface area contributed by atoms with E-state index >= 15 is 0 Å². The first kappa shape index (κ1) is 12.3. The first-order chi connectivity index (χ1) is 8.92. The van der Waals surface area contributed by atoms with Gasteiger partial charge in [0.05, 0.1) is 11.3 Å². The third-order valence-electron chi connectivity index (χ3n) is 3.47. The van der Waals surface area contributed by atoms with Crippen molar-refractivity contribution in [2.75, 3.05) is 18.4 Å². The van der Waals surface area contributed by atoms with E-state index in [0.717, 1.165) is 6.07 Å². The number of benzene rings is 1. The van der Waals surface area contributed by atoms with Crippen LogP contribution in [0.2, 0.25) is 0 Å². The molecule has 2 aliphatic rings. The van der Waals surface area contributed by atoms with Crippen LogP contribution < -0.4 is 10.6 Å². The van der Waals surface area contributed by atoms with Crippen LogP contribution in [-0.4, -0.2) is 19.2 Å². The van der Waals surface area contributed by atoms with E-state index in [9.17, 15) is 18.0 Å². The van der Waals surface area contributed by atoms with E-state index in [1.54, 1.807) is 0 Å². The molecule has 19 heavy (non-hydrogen) atoms. The molecule has 2 heterocycles. The van der Waals surface area contributed by atoms with Gasteiger partial charge in [-0.05, 0) is 18.7 Å². The highest BCUT2D eigenvalue weighted by atomic mass is 19.4. The second-order valence-corrected chi connectivity index (χ2v) is 4.66. The second kappa shape index (κ2) is 3.86. The summed E-state index contributed by atoms with van der Waals surface area (Å²) < 4.78 is 44.5. The van der Waals surface area contributed by atoms with Crippen molar-refractivity contribution in [2.45, 2.75) is 18.2 Å². The Kier molecular flexibility index (Phi) is 2.50. The molecule has 1 spiro atoms. The fraction of sp³-hybridized carbons (Fsp3) is 0.417. The molecular weight excluding hydrogens is 261 g/mol. The molecule has 1 fully saturated rings. The average Bonchev–Trinajstić information content (AvgIpc) is 2.75. The summed E-state index contributed by atoms with van der Waals surface area (Å²) in [4.78, 5) is 11.5. The average molecular weight is 272 g/mol. The monoisotopic (exact) mass is 272 g/mol. The van der Waals surface area contributed by atoms with Crippen LogP contribution in [0.15, 0.2) is 18.2 Å². The Labute approximate surface area is 106 Å². The van der Waals surface area contributed by atoms with Gasteiger partial charge in [-0.3, -0.25) is 5.32 Å². The van der Waals surface area contributed by atoms with Gasteiger partial charge in [-0.25, -0.2) is 4.79 Å². The number of hydrogen-bond acceptors (Lipinski definition) is 3. The fourth-order valence-electron chi connectivity index (χ4n) is 2.72. The first-order valence-electron chi connectivity index (χ1n) is 5.84. The SMILES string of the molecule is O=C1Nc2cccc(C(F)(F)F)c2C2(CCNC2)O1.